The Balaban J connectivity index is 2.72. The van der Waals surface area contributed by atoms with Gasteiger partial charge in [-0.1, -0.05) is 12.1 Å². The Morgan fingerprint density at radius 2 is 2.11 bits per heavy atom. The van der Waals surface area contributed by atoms with Crippen molar-refractivity contribution in [2.24, 2.45) is 0 Å². The highest BCUT2D eigenvalue weighted by atomic mass is 32.2. The van der Waals surface area contributed by atoms with E-state index in [1.807, 2.05) is 13.0 Å². The minimum atomic E-state index is -3.49. The summed E-state index contributed by atoms with van der Waals surface area (Å²) in [5, 5.41) is 1.51. The Morgan fingerprint density at radius 1 is 1.42 bits per heavy atom. The zero-order valence-electron chi connectivity index (χ0n) is 11.3. The van der Waals surface area contributed by atoms with Gasteiger partial charge in [-0.15, -0.1) is 0 Å². The summed E-state index contributed by atoms with van der Waals surface area (Å²) in [6, 6.07) is 7.20. The molecule has 0 spiro atoms. The first-order chi connectivity index (χ1) is 8.86. The fraction of sp³-hybridized carbons (Fsp3) is 0.462. The van der Waals surface area contributed by atoms with E-state index < -0.39 is 21.0 Å². The molecular formula is C13H19NO4S. The third-order valence-electron chi connectivity index (χ3n) is 2.77. The van der Waals surface area contributed by atoms with E-state index in [1.54, 1.807) is 18.2 Å². The number of rotatable bonds is 6. The molecule has 0 aliphatic heterocycles. The Hall–Kier alpha value is -1.40. The zero-order chi connectivity index (χ0) is 14.5. The molecule has 106 valence electrons. The van der Waals surface area contributed by atoms with E-state index in [4.69, 9.17) is 4.74 Å². The number of amides is 1. The number of aryl methyl sites for hydroxylation is 1. The van der Waals surface area contributed by atoms with Gasteiger partial charge in [0.1, 0.15) is 5.25 Å². The standard InChI is InChI=1S/C13H19NO4S/c1-10-5-4-6-12(9-10)14-13(15)11(2)19(16,17)8-7-18-3/h4-6,9,11H,7-8H2,1-3H3,(H,14,15). The van der Waals surface area contributed by atoms with Crippen LogP contribution in [0.25, 0.3) is 0 Å². The minimum Gasteiger partial charge on any atom is -0.384 e. The smallest absolute Gasteiger partial charge is 0.242 e. The molecule has 1 atom stereocenters. The van der Waals surface area contributed by atoms with Crippen LogP contribution < -0.4 is 5.32 Å². The molecule has 1 aromatic carbocycles. The molecule has 0 heterocycles. The number of sulfone groups is 1. The van der Waals surface area contributed by atoms with Crippen molar-refractivity contribution in [2.45, 2.75) is 19.1 Å². The second kappa shape index (κ2) is 6.68. The summed E-state index contributed by atoms with van der Waals surface area (Å²) in [6.07, 6.45) is 0. The van der Waals surface area contributed by atoms with E-state index in [2.05, 4.69) is 5.32 Å². The van der Waals surface area contributed by atoms with Gasteiger partial charge in [-0.25, -0.2) is 8.42 Å². The molecule has 1 amide bonds. The van der Waals surface area contributed by atoms with Crippen molar-refractivity contribution in [3.63, 3.8) is 0 Å². The average Bonchev–Trinajstić information content (AvgIpc) is 2.35. The van der Waals surface area contributed by atoms with Crippen molar-refractivity contribution in [1.29, 1.82) is 0 Å². The highest BCUT2D eigenvalue weighted by Crippen LogP contribution is 2.12. The molecule has 1 aromatic rings. The number of hydrogen-bond acceptors (Lipinski definition) is 4. The maximum Gasteiger partial charge on any atom is 0.242 e. The Bertz CT molecular complexity index is 539. The van der Waals surface area contributed by atoms with Crippen LogP contribution in [-0.4, -0.2) is 39.0 Å². The van der Waals surface area contributed by atoms with E-state index in [1.165, 1.54) is 14.0 Å². The van der Waals surface area contributed by atoms with Crippen LogP contribution in [0.15, 0.2) is 24.3 Å². The van der Waals surface area contributed by atoms with Gasteiger partial charge in [0.25, 0.3) is 0 Å². The van der Waals surface area contributed by atoms with E-state index in [-0.39, 0.29) is 12.4 Å². The van der Waals surface area contributed by atoms with Gasteiger partial charge in [-0.2, -0.15) is 0 Å². The first kappa shape index (κ1) is 15.7. The fourth-order valence-corrected chi connectivity index (χ4v) is 2.64. The molecule has 0 fully saturated rings. The van der Waals surface area contributed by atoms with Gasteiger partial charge in [0.05, 0.1) is 12.4 Å². The third-order valence-corrected chi connectivity index (χ3v) is 4.79. The number of benzene rings is 1. The number of methoxy groups -OCH3 is 1. The number of anilines is 1. The van der Waals surface area contributed by atoms with Gasteiger partial charge >= 0.3 is 0 Å². The second-order valence-electron chi connectivity index (χ2n) is 4.36. The van der Waals surface area contributed by atoms with Crippen molar-refractivity contribution in [1.82, 2.24) is 0 Å². The van der Waals surface area contributed by atoms with Gasteiger partial charge in [0, 0.05) is 12.8 Å². The summed E-state index contributed by atoms with van der Waals surface area (Å²) in [4.78, 5) is 11.9. The Labute approximate surface area is 113 Å². The summed E-state index contributed by atoms with van der Waals surface area (Å²) < 4.78 is 28.4. The molecule has 0 bridgehead atoms. The molecule has 0 radical (unpaired) electrons. The van der Waals surface area contributed by atoms with Gasteiger partial charge in [-0.05, 0) is 31.5 Å². The second-order valence-corrected chi connectivity index (χ2v) is 6.80. The molecule has 0 saturated carbocycles. The number of carbonyl (C=O) groups is 1. The summed E-state index contributed by atoms with van der Waals surface area (Å²) in [5.74, 6) is -0.687. The van der Waals surface area contributed by atoms with Crippen LogP contribution in [0.3, 0.4) is 0 Å². The van der Waals surface area contributed by atoms with Crippen LogP contribution in [0.4, 0.5) is 5.69 Å². The van der Waals surface area contributed by atoms with Gasteiger partial charge in [-0.3, -0.25) is 4.79 Å². The van der Waals surface area contributed by atoms with E-state index in [0.29, 0.717) is 5.69 Å². The quantitative estimate of drug-likeness (QED) is 0.857. The highest BCUT2D eigenvalue weighted by Gasteiger charge is 2.27. The predicted molar refractivity (Wildman–Crippen MR) is 74.9 cm³/mol. The van der Waals surface area contributed by atoms with Crippen LogP contribution in [-0.2, 0) is 19.4 Å². The van der Waals surface area contributed by atoms with Crippen molar-refractivity contribution in [3.8, 4) is 0 Å². The first-order valence-corrected chi connectivity index (χ1v) is 7.66. The van der Waals surface area contributed by atoms with Crippen molar-refractivity contribution < 1.29 is 17.9 Å². The van der Waals surface area contributed by atoms with Crippen LogP contribution in [0, 0.1) is 6.92 Å². The minimum absolute atomic E-state index is 0.0877. The van der Waals surface area contributed by atoms with Crippen LogP contribution in [0.5, 0.6) is 0 Å². The Morgan fingerprint density at radius 3 is 2.68 bits per heavy atom. The maximum atomic E-state index is 11.9. The van der Waals surface area contributed by atoms with Crippen LogP contribution in [0.1, 0.15) is 12.5 Å². The number of hydrogen-bond donors (Lipinski definition) is 1. The highest BCUT2D eigenvalue weighted by molar-refractivity contribution is 7.92. The molecule has 0 aliphatic carbocycles. The normalized spacial score (nSPS) is 13.0. The van der Waals surface area contributed by atoms with Gasteiger partial charge in [0.2, 0.25) is 5.91 Å². The van der Waals surface area contributed by atoms with Gasteiger partial charge in [0.15, 0.2) is 9.84 Å². The van der Waals surface area contributed by atoms with Crippen molar-refractivity contribution in [2.75, 3.05) is 24.8 Å². The summed E-state index contributed by atoms with van der Waals surface area (Å²) in [7, 11) is -2.07. The molecule has 0 saturated heterocycles. The van der Waals surface area contributed by atoms with Crippen molar-refractivity contribution in [3.05, 3.63) is 29.8 Å². The molecule has 1 unspecified atom stereocenters. The van der Waals surface area contributed by atoms with E-state index in [9.17, 15) is 13.2 Å². The SMILES string of the molecule is COCCS(=O)(=O)C(C)C(=O)Nc1cccc(C)c1. The van der Waals surface area contributed by atoms with Crippen LogP contribution >= 0.6 is 0 Å². The molecule has 0 aromatic heterocycles. The Kier molecular flexibility index (Phi) is 5.50. The molecule has 6 heteroatoms. The topological polar surface area (TPSA) is 72.5 Å². The van der Waals surface area contributed by atoms with Crippen molar-refractivity contribution >= 4 is 21.4 Å². The molecule has 0 aliphatic rings. The number of carbonyl (C=O) groups excluding carboxylic acids is 1. The number of ether oxygens (including phenoxy) is 1. The van der Waals surface area contributed by atoms with E-state index in [0.717, 1.165) is 5.56 Å². The lowest BCUT2D eigenvalue weighted by atomic mass is 10.2. The largest absolute Gasteiger partial charge is 0.384 e. The lowest BCUT2D eigenvalue weighted by molar-refractivity contribution is -0.115. The lowest BCUT2D eigenvalue weighted by Gasteiger charge is -2.13. The molecule has 1 N–H and O–H groups in total. The van der Waals surface area contributed by atoms with Crippen LogP contribution in [0.2, 0.25) is 0 Å². The molecular weight excluding hydrogens is 266 g/mol. The zero-order valence-corrected chi connectivity index (χ0v) is 12.2. The lowest BCUT2D eigenvalue weighted by Crippen LogP contribution is -2.35. The first-order valence-electron chi connectivity index (χ1n) is 5.95. The summed E-state index contributed by atoms with van der Waals surface area (Å²) in [6.45, 7) is 3.37. The predicted octanol–water partition coefficient (Wildman–Crippen LogP) is 1.38. The van der Waals surface area contributed by atoms with Gasteiger partial charge < -0.3 is 10.1 Å². The fourth-order valence-electron chi connectivity index (χ4n) is 1.51. The molecule has 1 rings (SSSR count). The van der Waals surface area contributed by atoms with E-state index >= 15 is 0 Å². The third kappa shape index (κ3) is 4.65. The maximum absolute atomic E-state index is 11.9. The monoisotopic (exact) mass is 285 g/mol. The summed E-state index contributed by atoms with van der Waals surface area (Å²) in [5.41, 5.74) is 1.59. The summed E-state index contributed by atoms with van der Waals surface area (Å²) >= 11 is 0. The molecule has 5 nitrogen and oxygen atoms in total. The molecule has 19 heavy (non-hydrogen) atoms. The number of nitrogens with one attached hydrogen (secondary N) is 1. The average molecular weight is 285 g/mol.